The van der Waals surface area contributed by atoms with E-state index in [0.717, 1.165) is 13.1 Å². The summed E-state index contributed by atoms with van der Waals surface area (Å²) in [6.07, 6.45) is 0. The first-order valence-corrected chi connectivity index (χ1v) is 7.67. The maximum atomic E-state index is 13.4. The lowest BCUT2D eigenvalue weighted by molar-refractivity contribution is -0.130. The van der Waals surface area contributed by atoms with E-state index in [2.05, 4.69) is 4.90 Å². The second-order valence-corrected chi connectivity index (χ2v) is 5.68. The molecule has 0 aliphatic carbocycles. The number of amides is 1. The van der Waals surface area contributed by atoms with Crippen molar-refractivity contribution >= 4 is 17.7 Å². The van der Waals surface area contributed by atoms with Crippen LogP contribution in [0.3, 0.4) is 0 Å². The average Bonchev–Trinajstić information content (AvgIpc) is 2.47. The van der Waals surface area contributed by atoms with Crippen LogP contribution < -0.4 is 0 Å². The number of aliphatic hydroxyl groups is 1. The summed E-state index contributed by atoms with van der Waals surface area (Å²) in [6.45, 7) is 3.74. The molecule has 1 aliphatic rings. The van der Waals surface area contributed by atoms with Crippen LogP contribution in [0.25, 0.3) is 0 Å². The lowest BCUT2D eigenvalue weighted by Gasteiger charge is -2.34. The van der Waals surface area contributed by atoms with E-state index in [1.165, 1.54) is 17.8 Å². The van der Waals surface area contributed by atoms with Crippen LogP contribution in [0, 0.1) is 5.82 Å². The van der Waals surface area contributed by atoms with Gasteiger partial charge in [0.25, 0.3) is 0 Å². The second-order valence-electron chi connectivity index (χ2n) is 4.67. The van der Waals surface area contributed by atoms with Crippen LogP contribution in [0.5, 0.6) is 0 Å². The van der Waals surface area contributed by atoms with Gasteiger partial charge in [0.15, 0.2) is 0 Å². The highest BCUT2D eigenvalue weighted by atomic mass is 32.2. The second kappa shape index (κ2) is 7.61. The molecule has 0 radical (unpaired) electrons. The Bertz CT molecular complexity index is 451. The largest absolute Gasteiger partial charge is 0.395 e. The van der Waals surface area contributed by atoms with Crippen LogP contribution in [0.1, 0.15) is 0 Å². The number of β-amino-alcohol motifs (C(OH)–C–C–N with tert-alkyl or cyclic N) is 1. The van der Waals surface area contributed by atoms with Crippen molar-refractivity contribution in [2.75, 3.05) is 45.1 Å². The molecule has 20 heavy (non-hydrogen) atoms. The molecule has 110 valence electrons. The van der Waals surface area contributed by atoms with Gasteiger partial charge in [-0.1, -0.05) is 12.1 Å². The number of rotatable bonds is 5. The molecular formula is C14H19FN2O2S. The third kappa shape index (κ3) is 4.19. The number of carbonyl (C=O) groups is 1. The normalized spacial score (nSPS) is 16.4. The Morgan fingerprint density at radius 2 is 1.95 bits per heavy atom. The highest BCUT2D eigenvalue weighted by Gasteiger charge is 2.20. The smallest absolute Gasteiger partial charge is 0.233 e. The van der Waals surface area contributed by atoms with Gasteiger partial charge in [-0.3, -0.25) is 9.69 Å². The molecule has 1 amide bonds. The fraction of sp³-hybridized carbons (Fsp3) is 0.500. The zero-order valence-corrected chi connectivity index (χ0v) is 12.1. The maximum absolute atomic E-state index is 13.4. The van der Waals surface area contributed by atoms with Crippen molar-refractivity contribution in [1.29, 1.82) is 0 Å². The highest BCUT2D eigenvalue weighted by Crippen LogP contribution is 2.21. The first-order chi connectivity index (χ1) is 9.70. The number of hydrogen-bond acceptors (Lipinski definition) is 4. The minimum atomic E-state index is -0.280. The number of carbonyl (C=O) groups excluding carboxylic acids is 1. The third-order valence-electron chi connectivity index (χ3n) is 3.33. The number of nitrogens with zero attached hydrogens (tertiary/aromatic N) is 2. The van der Waals surface area contributed by atoms with Crippen molar-refractivity contribution in [2.45, 2.75) is 4.90 Å². The molecule has 1 fully saturated rings. The van der Waals surface area contributed by atoms with Crippen molar-refractivity contribution in [3.8, 4) is 0 Å². The molecule has 0 bridgehead atoms. The Hall–Kier alpha value is -1.11. The molecule has 0 atom stereocenters. The number of halogens is 1. The summed E-state index contributed by atoms with van der Waals surface area (Å²) in [5.41, 5.74) is 0. The van der Waals surface area contributed by atoms with Crippen LogP contribution in [0.2, 0.25) is 0 Å². The number of piperazine rings is 1. The Morgan fingerprint density at radius 3 is 2.60 bits per heavy atom. The molecule has 1 aliphatic heterocycles. The van der Waals surface area contributed by atoms with Gasteiger partial charge in [-0.25, -0.2) is 4.39 Å². The predicted octanol–water partition coefficient (Wildman–Crippen LogP) is 1.05. The van der Waals surface area contributed by atoms with Gasteiger partial charge in [0.1, 0.15) is 5.82 Å². The molecule has 1 saturated heterocycles. The van der Waals surface area contributed by atoms with Crippen molar-refractivity contribution < 1.29 is 14.3 Å². The minimum Gasteiger partial charge on any atom is -0.395 e. The van der Waals surface area contributed by atoms with Gasteiger partial charge in [0, 0.05) is 37.6 Å². The Balaban J connectivity index is 1.77. The Morgan fingerprint density at radius 1 is 1.25 bits per heavy atom. The molecule has 0 aromatic heterocycles. The third-order valence-corrected chi connectivity index (χ3v) is 4.36. The van der Waals surface area contributed by atoms with Gasteiger partial charge < -0.3 is 10.0 Å². The van der Waals surface area contributed by atoms with Gasteiger partial charge in [-0.2, -0.15) is 0 Å². The summed E-state index contributed by atoms with van der Waals surface area (Å²) >= 11 is 1.24. The fourth-order valence-corrected chi connectivity index (χ4v) is 3.00. The van der Waals surface area contributed by atoms with Gasteiger partial charge >= 0.3 is 0 Å². The molecular weight excluding hydrogens is 279 g/mol. The topological polar surface area (TPSA) is 43.8 Å². The Kier molecular flexibility index (Phi) is 5.82. The monoisotopic (exact) mass is 298 g/mol. The summed E-state index contributed by atoms with van der Waals surface area (Å²) in [7, 11) is 0. The molecule has 6 heteroatoms. The zero-order chi connectivity index (χ0) is 14.4. The van der Waals surface area contributed by atoms with E-state index in [0.29, 0.717) is 24.5 Å². The van der Waals surface area contributed by atoms with Crippen LogP contribution in [0.15, 0.2) is 29.2 Å². The minimum absolute atomic E-state index is 0.0434. The van der Waals surface area contributed by atoms with Crippen LogP contribution in [-0.2, 0) is 4.79 Å². The number of hydrogen-bond donors (Lipinski definition) is 1. The Labute approximate surface area is 122 Å². The molecule has 1 heterocycles. The molecule has 4 nitrogen and oxygen atoms in total. The van der Waals surface area contributed by atoms with E-state index < -0.39 is 0 Å². The van der Waals surface area contributed by atoms with Crippen molar-refractivity contribution in [1.82, 2.24) is 9.80 Å². The van der Waals surface area contributed by atoms with Gasteiger partial charge in [-0.15, -0.1) is 11.8 Å². The summed E-state index contributed by atoms with van der Waals surface area (Å²) in [6, 6.07) is 6.50. The summed E-state index contributed by atoms with van der Waals surface area (Å²) in [4.78, 5) is 16.5. The van der Waals surface area contributed by atoms with E-state index in [4.69, 9.17) is 5.11 Å². The molecule has 1 aromatic carbocycles. The van der Waals surface area contributed by atoms with E-state index in [1.807, 2.05) is 4.90 Å². The molecule has 0 spiro atoms. The number of thioether (sulfide) groups is 1. The lowest BCUT2D eigenvalue weighted by Crippen LogP contribution is -2.49. The van der Waals surface area contributed by atoms with Crippen molar-refractivity contribution in [2.24, 2.45) is 0 Å². The van der Waals surface area contributed by atoms with Gasteiger partial charge in [-0.05, 0) is 12.1 Å². The van der Waals surface area contributed by atoms with Crippen molar-refractivity contribution in [3.05, 3.63) is 30.1 Å². The summed E-state index contributed by atoms with van der Waals surface area (Å²) in [5.74, 6) is 0.0287. The number of benzene rings is 1. The maximum Gasteiger partial charge on any atom is 0.233 e. The van der Waals surface area contributed by atoms with E-state index in [1.54, 1.807) is 18.2 Å². The van der Waals surface area contributed by atoms with Crippen LogP contribution in [0.4, 0.5) is 4.39 Å². The molecule has 0 unspecified atom stereocenters. The van der Waals surface area contributed by atoms with E-state index in [9.17, 15) is 9.18 Å². The average molecular weight is 298 g/mol. The summed E-state index contributed by atoms with van der Waals surface area (Å²) < 4.78 is 13.4. The van der Waals surface area contributed by atoms with Crippen LogP contribution >= 0.6 is 11.8 Å². The first-order valence-electron chi connectivity index (χ1n) is 6.69. The standard InChI is InChI=1S/C14H19FN2O2S/c15-12-3-1-2-4-13(12)20-11-14(19)17-7-5-16(6-8-17)9-10-18/h1-4,18H,5-11H2. The first kappa shape index (κ1) is 15.3. The van der Waals surface area contributed by atoms with Crippen LogP contribution in [-0.4, -0.2) is 65.9 Å². The molecule has 1 N–H and O–H groups in total. The molecule has 1 aromatic rings. The predicted molar refractivity (Wildman–Crippen MR) is 77.2 cm³/mol. The zero-order valence-electron chi connectivity index (χ0n) is 11.3. The van der Waals surface area contributed by atoms with Crippen molar-refractivity contribution in [3.63, 3.8) is 0 Å². The van der Waals surface area contributed by atoms with E-state index in [-0.39, 0.29) is 24.1 Å². The quantitative estimate of drug-likeness (QED) is 0.826. The molecule has 2 rings (SSSR count). The SMILES string of the molecule is O=C(CSc1ccccc1F)N1CCN(CCO)CC1. The summed E-state index contributed by atoms with van der Waals surface area (Å²) in [5, 5.41) is 8.87. The van der Waals surface area contributed by atoms with Gasteiger partial charge in [0.2, 0.25) is 5.91 Å². The highest BCUT2D eigenvalue weighted by molar-refractivity contribution is 8.00. The fourth-order valence-electron chi connectivity index (χ4n) is 2.15. The lowest BCUT2D eigenvalue weighted by atomic mass is 10.3. The van der Waals surface area contributed by atoms with Gasteiger partial charge in [0.05, 0.1) is 12.4 Å². The number of aliphatic hydroxyl groups excluding tert-OH is 1. The molecule has 0 saturated carbocycles. The van der Waals surface area contributed by atoms with E-state index >= 15 is 0 Å².